The first kappa shape index (κ1) is 26.8. The van der Waals surface area contributed by atoms with Gasteiger partial charge < -0.3 is 14.4 Å². The number of carbonyl (C=O) groups is 2. The summed E-state index contributed by atoms with van der Waals surface area (Å²) in [6.07, 6.45) is 3.39. The smallest absolute Gasteiger partial charge is 0.342 e. The van der Waals surface area contributed by atoms with Crippen LogP contribution < -0.4 is 4.90 Å². The van der Waals surface area contributed by atoms with Crippen LogP contribution in [-0.4, -0.2) is 50.7 Å². The molecular formula is C25H29N3O4S3. The Kier molecular flexibility index (Phi) is 9.76. The van der Waals surface area contributed by atoms with Crippen LogP contribution in [0.2, 0.25) is 0 Å². The lowest BCUT2D eigenvalue weighted by Crippen LogP contribution is -2.20. The quantitative estimate of drug-likeness (QED) is 0.199. The molecule has 3 aromatic heterocycles. The number of esters is 2. The van der Waals surface area contributed by atoms with Crippen molar-refractivity contribution < 1.29 is 19.1 Å². The van der Waals surface area contributed by atoms with Crippen LogP contribution in [-0.2, 0) is 9.47 Å². The summed E-state index contributed by atoms with van der Waals surface area (Å²) in [5.41, 5.74) is 0.170. The highest BCUT2D eigenvalue weighted by atomic mass is 32.1. The van der Waals surface area contributed by atoms with E-state index in [1.807, 2.05) is 25.1 Å². The average Bonchev–Trinajstić information content (AvgIpc) is 3.56. The van der Waals surface area contributed by atoms with Gasteiger partial charge in [0, 0.05) is 40.2 Å². The van der Waals surface area contributed by atoms with Gasteiger partial charge in [-0.25, -0.2) is 19.6 Å². The zero-order chi connectivity index (χ0) is 25.4. The third-order valence-corrected chi connectivity index (χ3v) is 7.92. The molecule has 0 atom stereocenters. The highest BCUT2D eigenvalue weighted by Gasteiger charge is 2.30. The van der Waals surface area contributed by atoms with E-state index in [-0.39, 0.29) is 24.3 Å². The van der Waals surface area contributed by atoms with Gasteiger partial charge in [0.1, 0.15) is 21.1 Å². The maximum atomic E-state index is 12.9. The molecule has 186 valence electrons. The summed E-state index contributed by atoms with van der Waals surface area (Å²) < 4.78 is 10.5. The fourth-order valence-electron chi connectivity index (χ4n) is 3.26. The number of hydrogen-bond acceptors (Lipinski definition) is 10. The Morgan fingerprint density at radius 1 is 0.800 bits per heavy atom. The monoisotopic (exact) mass is 531 g/mol. The Balaban J connectivity index is 2.06. The molecule has 0 unspecified atom stereocenters. The minimum absolute atomic E-state index is 0.0848. The Morgan fingerprint density at radius 3 is 1.77 bits per heavy atom. The second kappa shape index (κ2) is 12.8. The van der Waals surface area contributed by atoms with Crippen molar-refractivity contribution >= 4 is 73.4 Å². The Bertz CT molecular complexity index is 1220. The van der Waals surface area contributed by atoms with E-state index >= 15 is 0 Å². The van der Waals surface area contributed by atoms with E-state index in [1.165, 1.54) is 0 Å². The van der Waals surface area contributed by atoms with Gasteiger partial charge in [-0.1, -0.05) is 11.3 Å². The van der Waals surface area contributed by atoms with Crippen LogP contribution in [0.15, 0.2) is 34.3 Å². The van der Waals surface area contributed by atoms with Gasteiger partial charge >= 0.3 is 11.9 Å². The first-order valence-electron chi connectivity index (χ1n) is 11.4. The lowest BCUT2D eigenvalue weighted by molar-refractivity contribution is 0.0481. The third kappa shape index (κ3) is 6.65. The molecule has 0 saturated heterocycles. The summed E-state index contributed by atoms with van der Waals surface area (Å²) in [7, 11) is 0. The minimum Gasteiger partial charge on any atom is -0.462 e. The predicted molar refractivity (Wildman–Crippen MR) is 148 cm³/mol. The molecule has 0 aliphatic heterocycles. The van der Waals surface area contributed by atoms with Crippen molar-refractivity contribution in [1.82, 2.24) is 0 Å². The van der Waals surface area contributed by atoms with Crippen LogP contribution in [0, 0.1) is 6.92 Å². The molecular weight excluding hydrogens is 502 g/mol. The van der Waals surface area contributed by atoms with E-state index in [9.17, 15) is 9.59 Å². The predicted octanol–water partition coefficient (Wildman–Crippen LogP) is 6.88. The van der Waals surface area contributed by atoms with Gasteiger partial charge in [-0.15, -0.1) is 22.7 Å². The lowest BCUT2D eigenvalue weighted by Gasteiger charge is -2.17. The summed E-state index contributed by atoms with van der Waals surface area (Å²) >= 11 is 4.37. The van der Waals surface area contributed by atoms with Crippen molar-refractivity contribution in [3.63, 3.8) is 0 Å². The number of hydrogen-bond donors (Lipinski definition) is 0. The summed E-state index contributed by atoms with van der Waals surface area (Å²) in [5.74, 6) is -1.25. The molecule has 0 radical (unpaired) electrons. The molecule has 0 saturated carbocycles. The summed E-state index contributed by atoms with van der Waals surface area (Å²) in [5, 5.41) is 1.87. The summed E-state index contributed by atoms with van der Waals surface area (Å²) in [4.78, 5) is 40.2. The van der Waals surface area contributed by atoms with Gasteiger partial charge in [0.2, 0.25) is 0 Å². The van der Waals surface area contributed by atoms with Crippen molar-refractivity contribution in [2.75, 3.05) is 31.2 Å². The standard InChI is InChI=1S/C25H29N3O4S3/c1-6-28(7-2)19-13-12-18(34-19)15-27-23-21(25(30)32-9-4)20(24(29)31-8-3)22(35-23)26-14-17-11-10-16(5)33-17/h10-15H,6-9H2,1-5H3. The SMILES string of the molecule is CCOC(=O)c1c(N=Cc2ccc(C)s2)sc(N=Cc2ccc(N(CC)CC)s2)c1C(=O)OCC. The maximum Gasteiger partial charge on any atom is 0.342 e. The van der Waals surface area contributed by atoms with Gasteiger partial charge in [0.25, 0.3) is 0 Å². The molecule has 0 amide bonds. The fraction of sp³-hybridized carbons (Fsp3) is 0.360. The molecule has 0 N–H and O–H groups in total. The molecule has 0 spiro atoms. The van der Waals surface area contributed by atoms with Crippen molar-refractivity contribution in [2.45, 2.75) is 34.6 Å². The number of aryl methyl sites for hydroxylation is 1. The van der Waals surface area contributed by atoms with E-state index in [2.05, 4.69) is 34.8 Å². The van der Waals surface area contributed by atoms with Gasteiger partial charge in [-0.2, -0.15) is 0 Å². The molecule has 0 aliphatic rings. The van der Waals surface area contributed by atoms with Crippen LogP contribution in [0.25, 0.3) is 0 Å². The van der Waals surface area contributed by atoms with E-state index < -0.39 is 11.9 Å². The van der Waals surface area contributed by atoms with Crippen LogP contribution in [0.1, 0.15) is 63.0 Å². The Morgan fingerprint density at radius 2 is 1.31 bits per heavy atom. The molecule has 10 heteroatoms. The largest absolute Gasteiger partial charge is 0.462 e. The van der Waals surface area contributed by atoms with Gasteiger partial charge in [-0.3, -0.25) is 0 Å². The number of nitrogens with zero attached hydrogens (tertiary/aromatic N) is 3. The van der Waals surface area contributed by atoms with Crippen LogP contribution in [0.3, 0.4) is 0 Å². The second-order valence-corrected chi connectivity index (χ2v) is 10.6. The topological polar surface area (TPSA) is 80.6 Å². The third-order valence-electron chi connectivity index (χ3n) is 4.90. The molecule has 35 heavy (non-hydrogen) atoms. The Labute approximate surface area is 217 Å². The van der Waals surface area contributed by atoms with Gasteiger partial charge in [0.15, 0.2) is 0 Å². The summed E-state index contributed by atoms with van der Waals surface area (Å²) in [6, 6.07) is 8.00. The highest BCUT2D eigenvalue weighted by molar-refractivity contribution is 7.20. The molecule has 3 rings (SSSR count). The van der Waals surface area contributed by atoms with Crippen molar-refractivity contribution in [1.29, 1.82) is 0 Å². The first-order valence-corrected chi connectivity index (χ1v) is 13.9. The maximum absolute atomic E-state index is 12.9. The number of rotatable bonds is 11. The Hall–Kier alpha value is -2.82. The number of aliphatic imine (C=N–C) groups is 2. The van der Waals surface area contributed by atoms with E-state index in [0.29, 0.717) is 10.0 Å². The first-order chi connectivity index (χ1) is 16.9. The van der Waals surface area contributed by atoms with E-state index in [4.69, 9.17) is 9.47 Å². The molecule has 7 nitrogen and oxygen atoms in total. The number of thiophene rings is 3. The van der Waals surface area contributed by atoms with E-state index in [0.717, 1.165) is 44.1 Å². The lowest BCUT2D eigenvalue weighted by atomic mass is 10.1. The fourth-order valence-corrected chi connectivity index (χ4v) is 5.98. The normalized spacial score (nSPS) is 11.5. The number of anilines is 1. The van der Waals surface area contributed by atoms with Crippen molar-refractivity contribution in [2.24, 2.45) is 9.98 Å². The van der Waals surface area contributed by atoms with Gasteiger partial charge in [0.05, 0.1) is 18.2 Å². The molecule has 0 fully saturated rings. The number of ether oxygens (including phenoxy) is 2. The second-order valence-electron chi connectivity index (χ2n) is 7.22. The molecule has 0 bridgehead atoms. The van der Waals surface area contributed by atoms with Crippen LogP contribution >= 0.6 is 34.0 Å². The number of carbonyl (C=O) groups excluding carboxylic acids is 2. The van der Waals surface area contributed by atoms with E-state index in [1.54, 1.807) is 49.0 Å². The van der Waals surface area contributed by atoms with Crippen LogP contribution in [0.5, 0.6) is 0 Å². The zero-order valence-electron chi connectivity index (χ0n) is 20.5. The molecule has 0 aromatic carbocycles. The van der Waals surface area contributed by atoms with Crippen molar-refractivity contribution in [3.05, 3.63) is 50.0 Å². The molecule has 0 aliphatic carbocycles. The average molecular weight is 532 g/mol. The van der Waals surface area contributed by atoms with Gasteiger partial charge in [-0.05, 0) is 58.9 Å². The highest BCUT2D eigenvalue weighted by Crippen LogP contribution is 2.42. The molecule has 3 aromatic rings. The van der Waals surface area contributed by atoms with Crippen LogP contribution in [0.4, 0.5) is 15.0 Å². The minimum atomic E-state index is -0.623. The molecule has 3 heterocycles. The summed E-state index contributed by atoms with van der Waals surface area (Å²) in [6.45, 7) is 11.9. The zero-order valence-corrected chi connectivity index (χ0v) is 22.9. The van der Waals surface area contributed by atoms with Crippen molar-refractivity contribution in [3.8, 4) is 0 Å².